The Labute approximate surface area is 188 Å². The quantitative estimate of drug-likeness (QED) is 0.165. The fraction of sp³-hybridized carbons (Fsp3) is 1.00. The van der Waals surface area contributed by atoms with Crippen LogP contribution < -0.4 is 0 Å². The Morgan fingerprint density at radius 2 is 1.00 bits per heavy atom. The van der Waals surface area contributed by atoms with Gasteiger partial charge in [-0.15, -0.1) is 81.7 Å². The number of alkyl halides is 8. The fourth-order valence-corrected chi connectivity index (χ4v) is 10.8. The van der Waals surface area contributed by atoms with E-state index in [0.29, 0.717) is 24.3 Å². The van der Waals surface area contributed by atoms with Gasteiger partial charge in [-0.2, -0.15) is 0 Å². The maximum Gasteiger partial charge on any atom is 0.252 e. The van der Waals surface area contributed by atoms with Crippen LogP contribution >= 0.6 is 81.7 Å². The molecule has 0 spiro atoms. The monoisotopic (exact) mass is 522 g/mol. The lowest BCUT2D eigenvalue weighted by Crippen LogP contribution is -2.16. The molecule has 6 atom stereocenters. The second-order valence-electron chi connectivity index (χ2n) is 8.01. The highest BCUT2D eigenvalue weighted by atomic mass is 35.5. The molecule has 4 fully saturated rings. The molecule has 0 nitrogen and oxygen atoms in total. The predicted molar refractivity (Wildman–Crippen MR) is 111 cm³/mol. The Bertz CT molecular complexity index is 556. The Morgan fingerprint density at radius 3 is 1.22 bits per heavy atom. The molecule has 4 aliphatic rings. The van der Waals surface area contributed by atoms with Crippen LogP contribution in [-0.4, -0.2) is 41.2 Å². The van der Waals surface area contributed by atoms with Gasteiger partial charge in [-0.1, -0.05) is 0 Å². The predicted octanol–water partition coefficient (Wildman–Crippen LogP) is 7.54. The largest absolute Gasteiger partial charge is 0.252 e. The number of halogens is 8. The summed E-state index contributed by atoms with van der Waals surface area (Å²) in [5.74, 6) is -5.63. The molecule has 4 rings (SSSR count). The first kappa shape index (κ1) is 22.1. The lowest BCUT2D eigenvalue weighted by molar-refractivity contribution is 0.103. The average molecular weight is 524 g/mol. The molecule has 0 saturated heterocycles. The third-order valence-corrected chi connectivity index (χ3v) is 12.4. The Hall–Kier alpha value is 1.93. The van der Waals surface area contributed by atoms with Crippen LogP contribution in [0.2, 0.25) is 0 Å². The van der Waals surface area contributed by atoms with Crippen LogP contribution in [-0.2, 0) is 0 Å². The number of hydrogen-bond donors (Lipinski definition) is 0. The smallest absolute Gasteiger partial charge is 0.207 e. The van der Waals surface area contributed by atoms with Crippen molar-refractivity contribution in [2.24, 2.45) is 23.7 Å². The first-order valence-corrected chi connectivity index (χ1v) is 13.3. The summed E-state index contributed by atoms with van der Waals surface area (Å²) in [5.41, 5.74) is 0. The molecule has 0 aliphatic heterocycles. The van der Waals surface area contributed by atoms with Gasteiger partial charge in [0.25, 0.3) is 11.8 Å². The van der Waals surface area contributed by atoms with Crippen molar-refractivity contribution in [3.05, 3.63) is 0 Å². The van der Waals surface area contributed by atoms with Gasteiger partial charge in [0.1, 0.15) is 8.67 Å². The summed E-state index contributed by atoms with van der Waals surface area (Å²) in [6, 6.07) is 0. The number of hydrogen-bond acceptors (Lipinski definition) is 3. The van der Waals surface area contributed by atoms with Crippen molar-refractivity contribution in [3.8, 4) is 0 Å². The Balaban J connectivity index is 1.36. The zero-order valence-electron chi connectivity index (χ0n) is 14.0. The SMILES string of the molecule is FC1(F)CC1CSC(SC(SCC1CC1(F)F)C1CC1(Cl)Cl)C1CC1(Cl)Cl. The van der Waals surface area contributed by atoms with Crippen LogP contribution in [0, 0.1) is 23.7 Å². The Morgan fingerprint density at radius 1 is 0.704 bits per heavy atom. The van der Waals surface area contributed by atoms with Crippen molar-refractivity contribution in [1.29, 1.82) is 0 Å². The van der Waals surface area contributed by atoms with Crippen molar-refractivity contribution in [3.63, 3.8) is 0 Å². The van der Waals surface area contributed by atoms with Crippen LogP contribution in [0.1, 0.15) is 25.7 Å². The van der Waals surface area contributed by atoms with Crippen LogP contribution in [0.5, 0.6) is 0 Å². The van der Waals surface area contributed by atoms with Gasteiger partial charge < -0.3 is 0 Å². The van der Waals surface area contributed by atoms with Gasteiger partial charge in [0, 0.05) is 48.0 Å². The molecule has 0 N–H and O–H groups in total. The zero-order valence-corrected chi connectivity index (χ0v) is 19.4. The van der Waals surface area contributed by atoms with Crippen LogP contribution in [0.4, 0.5) is 17.6 Å². The zero-order chi connectivity index (χ0) is 19.8. The summed E-state index contributed by atoms with van der Waals surface area (Å²) in [6.45, 7) is 0. The molecule has 0 bridgehead atoms. The first-order valence-electron chi connectivity index (χ1n) is 8.72. The third-order valence-electron chi connectivity index (χ3n) is 5.51. The fourth-order valence-electron chi connectivity index (χ4n) is 3.01. The lowest BCUT2D eigenvalue weighted by atomic mass is 10.5. The maximum absolute atomic E-state index is 13.2. The molecule has 4 saturated carbocycles. The summed E-state index contributed by atoms with van der Waals surface area (Å²) in [4.78, 5) is 0. The topological polar surface area (TPSA) is 0 Å². The van der Waals surface area contributed by atoms with Crippen molar-refractivity contribution >= 4 is 81.7 Å². The molecule has 0 aromatic carbocycles. The van der Waals surface area contributed by atoms with Gasteiger partial charge in [-0.05, 0) is 12.8 Å². The molecule has 0 aromatic rings. The summed E-state index contributed by atoms with van der Waals surface area (Å²) in [5, 5.41) is 0. The van der Waals surface area contributed by atoms with Crippen molar-refractivity contribution in [2.45, 2.75) is 55.4 Å². The number of rotatable bonds is 10. The summed E-state index contributed by atoms with van der Waals surface area (Å²) in [6.07, 6.45) is 1.08. The molecule has 0 aromatic heterocycles. The van der Waals surface area contributed by atoms with E-state index in [1.54, 1.807) is 11.8 Å². The average Bonchev–Trinajstić information content (AvgIpc) is 3.46. The molecule has 0 radical (unpaired) electrons. The lowest BCUT2D eigenvalue weighted by Gasteiger charge is -2.24. The van der Waals surface area contributed by atoms with Gasteiger partial charge in [0.05, 0.1) is 9.16 Å². The van der Waals surface area contributed by atoms with E-state index >= 15 is 0 Å². The molecule has 156 valence electrons. The van der Waals surface area contributed by atoms with Crippen molar-refractivity contribution < 1.29 is 17.6 Å². The highest BCUT2D eigenvalue weighted by molar-refractivity contribution is 8.24. The molecule has 0 heterocycles. The molecule has 4 aliphatic carbocycles. The van der Waals surface area contributed by atoms with Gasteiger partial charge in [-0.3, -0.25) is 0 Å². The maximum atomic E-state index is 13.2. The van der Waals surface area contributed by atoms with E-state index in [9.17, 15) is 17.6 Å². The first-order chi connectivity index (χ1) is 12.3. The highest BCUT2D eigenvalue weighted by Gasteiger charge is 2.62. The molecular weight excluding hydrogens is 506 g/mol. The minimum absolute atomic E-state index is 0.00697. The second kappa shape index (κ2) is 7.23. The molecule has 6 unspecified atom stereocenters. The van der Waals surface area contributed by atoms with Gasteiger partial charge in [-0.25, -0.2) is 17.6 Å². The normalized spacial score (nSPS) is 40.9. The van der Waals surface area contributed by atoms with E-state index in [4.69, 9.17) is 46.4 Å². The minimum Gasteiger partial charge on any atom is -0.207 e. The minimum atomic E-state index is -2.56. The van der Waals surface area contributed by atoms with E-state index in [0.717, 1.165) is 0 Å². The van der Waals surface area contributed by atoms with E-state index in [-0.39, 0.29) is 33.8 Å². The molecule has 11 heteroatoms. The standard InChI is InChI=1S/C16H18Cl4F4S3/c17-13(18)3-9(13)11(25-5-7-1-15(7,21)22)27-12(10-4-14(10,19)20)26-6-8-2-16(8,23)24/h7-12H,1-6H2. The van der Waals surface area contributed by atoms with Crippen LogP contribution in [0.3, 0.4) is 0 Å². The number of thioether (sulfide) groups is 3. The third kappa shape index (κ3) is 5.23. The highest BCUT2D eigenvalue weighted by Crippen LogP contribution is 2.66. The molecule has 0 amide bonds. The van der Waals surface area contributed by atoms with Gasteiger partial charge in [0.15, 0.2) is 0 Å². The van der Waals surface area contributed by atoms with Gasteiger partial charge in [0.2, 0.25) is 0 Å². The summed E-state index contributed by atoms with van der Waals surface area (Å²) >= 11 is 29.4. The van der Waals surface area contributed by atoms with Crippen molar-refractivity contribution in [2.75, 3.05) is 11.5 Å². The van der Waals surface area contributed by atoms with E-state index in [1.807, 2.05) is 0 Å². The van der Waals surface area contributed by atoms with Gasteiger partial charge >= 0.3 is 0 Å². The van der Waals surface area contributed by atoms with Crippen molar-refractivity contribution in [1.82, 2.24) is 0 Å². The van der Waals surface area contributed by atoms with Crippen LogP contribution in [0.15, 0.2) is 0 Å². The van der Waals surface area contributed by atoms with E-state index < -0.39 is 32.3 Å². The molecule has 27 heavy (non-hydrogen) atoms. The van der Waals surface area contributed by atoms with E-state index in [1.165, 1.54) is 23.5 Å². The van der Waals surface area contributed by atoms with Crippen LogP contribution in [0.25, 0.3) is 0 Å². The summed E-state index contributed by atoms with van der Waals surface area (Å²) in [7, 11) is 0. The van der Waals surface area contributed by atoms with E-state index in [2.05, 4.69) is 0 Å². The summed E-state index contributed by atoms with van der Waals surface area (Å²) < 4.78 is 51.1. The Kier molecular flexibility index (Phi) is 5.93. The second-order valence-corrected chi connectivity index (χ2v) is 15.3. The molecular formula is C16H18Cl4F4S3.